The molecule has 242 valence electrons. The lowest BCUT2D eigenvalue weighted by molar-refractivity contribution is 0.591. The van der Waals surface area contributed by atoms with E-state index in [-0.39, 0.29) is 5.41 Å². The third-order valence-corrected chi connectivity index (χ3v) is 10.9. The van der Waals surface area contributed by atoms with E-state index in [0.717, 1.165) is 0 Å². The number of benzene rings is 9. The van der Waals surface area contributed by atoms with Gasteiger partial charge in [-0.15, -0.1) is 0 Å². The minimum Gasteiger partial charge on any atom is -0.309 e. The molecule has 0 unspecified atom stereocenters. The molecule has 0 saturated heterocycles. The van der Waals surface area contributed by atoms with E-state index in [4.69, 9.17) is 0 Å². The minimum atomic E-state index is 0.00827. The molecule has 0 bridgehead atoms. The van der Waals surface area contributed by atoms with Crippen LogP contribution in [0.2, 0.25) is 0 Å². The van der Waals surface area contributed by atoms with Crippen molar-refractivity contribution in [3.05, 3.63) is 175 Å². The average Bonchev–Trinajstić information content (AvgIpc) is 3.49. The van der Waals surface area contributed by atoms with Crippen molar-refractivity contribution in [3.8, 4) is 27.9 Å². The second kappa shape index (κ2) is 11.2. The van der Waals surface area contributed by atoms with Gasteiger partial charge in [0.15, 0.2) is 0 Å². The first-order valence-electron chi connectivity index (χ1n) is 17.9. The Morgan fingerprint density at radius 3 is 1.65 bits per heavy atom. The summed E-state index contributed by atoms with van der Waals surface area (Å²) in [5.41, 5.74) is 10.0. The number of hydrogen-bond donors (Lipinski definition) is 0. The lowest BCUT2D eigenvalue weighted by Crippen LogP contribution is -2.10. The zero-order valence-corrected chi connectivity index (χ0v) is 29.1. The fraction of sp³-hybridized carbons (Fsp3) is 0.0800. The molecule has 0 saturated carbocycles. The molecule has 1 aromatic heterocycles. The Labute approximate surface area is 298 Å². The van der Waals surface area contributed by atoms with Gasteiger partial charge >= 0.3 is 0 Å². The van der Waals surface area contributed by atoms with E-state index in [2.05, 4.69) is 195 Å². The molecule has 0 fully saturated rings. The predicted molar refractivity (Wildman–Crippen MR) is 220 cm³/mol. The summed E-state index contributed by atoms with van der Waals surface area (Å²) in [5, 5.41) is 12.7. The standard InChI is InChI=1S/C50H37N/c1-50(2,3)38-24-25-43-45(31-38)49(36-23-26-47-44(30-36)40-17-11-12-20-46(40)51(47)39-15-5-4-6-16-39)42-19-10-9-18-41(42)48(43)35-22-21-34-27-32-13-7-8-14-33(32)28-37(34)29-35/h4-31H,1-3H3. The summed E-state index contributed by atoms with van der Waals surface area (Å²) in [4.78, 5) is 0. The first-order chi connectivity index (χ1) is 24.9. The summed E-state index contributed by atoms with van der Waals surface area (Å²) < 4.78 is 2.40. The number of para-hydroxylation sites is 2. The van der Waals surface area contributed by atoms with E-state index in [9.17, 15) is 0 Å². The number of nitrogens with zero attached hydrogens (tertiary/aromatic N) is 1. The van der Waals surface area contributed by atoms with Gasteiger partial charge in [-0.25, -0.2) is 0 Å². The summed E-state index contributed by atoms with van der Waals surface area (Å²) in [7, 11) is 0. The highest BCUT2D eigenvalue weighted by Crippen LogP contribution is 2.46. The van der Waals surface area contributed by atoms with Crippen LogP contribution < -0.4 is 0 Å². The molecule has 0 spiro atoms. The van der Waals surface area contributed by atoms with E-state index in [1.54, 1.807) is 0 Å². The van der Waals surface area contributed by atoms with E-state index >= 15 is 0 Å². The molecule has 0 radical (unpaired) electrons. The maximum atomic E-state index is 2.46. The zero-order valence-electron chi connectivity index (χ0n) is 29.1. The molecular weight excluding hydrogens is 615 g/mol. The topological polar surface area (TPSA) is 4.93 Å². The quantitative estimate of drug-likeness (QED) is 0.168. The average molecular weight is 652 g/mol. The molecule has 10 aromatic rings. The summed E-state index contributed by atoms with van der Waals surface area (Å²) in [5.74, 6) is 0. The summed E-state index contributed by atoms with van der Waals surface area (Å²) in [6.45, 7) is 6.94. The Morgan fingerprint density at radius 2 is 0.902 bits per heavy atom. The molecule has 0 atom stereocenters. The molecular formula is C50H37N. The van der Waals surface area contributed by atoms with E-state index in [1.807, 2.05) is 0 Å². The van der Waals surface area contributed by atoms with Gasteiger partial charge in [0, 0.05) is 16.5 Å². The van der Waals surface area contributed by atoms with E-state index in [0.29, 0.717) is 0 Å². The smallest absolute Gasteiger partial charge is 0.0541 e. The normalized spacial score (nSPS) is 12.2. The van der Waals surface area contributed by atoms with Gasteiger partial charge in [-0.1, -0.05) is 136 Å². The van der Waals surface area contributed by atoms with Gasteiger partial charge in [0.2, 0.25) is 0 Å². The van der Waals surface area contributed by atoms with Gasteiger partial charge in [0.1, 0.15) is 0 Å². The molecule has 1 heterocycles. The second-order valence-corrected chi connectivity index (χ2v) is 15.0. The Morgan fingerprint density at radius 1 is 0.353 bits per heavy atom. The van der Waals surface area contributed by atoms with E-state index < -0.39 is 0 Å². The second-order valence-electron chi connectivity index (χ2n) is 15.0. The highest BCUT2D eigenvalue weighted by atomic mass is 15.0. The van der Waals surface area contributed by atoms with Crippen LogP contribution >= 0.6 is 0 Å². The summed E-state index contributed by atoms with van der Waals surface area (Å²) >= 11 is 0. The largest absolute Gasteiger partial charge is 0.309 e. The molecule has 51 heavy (non-hydrogen) atoms. The lowest BCUT2D eigenvalue weighted by atomic mass is 9.81. The van der Waals surface area contributed by atoms with Crippen molar-refractivity contribution in [2.75, 3.05) is 0 Å². The Hall–Kier alpha value is -6.18. The Kier molecular flexibility index (Phi) is 6.51. The lowest BCUT2D eigenvalue weighted by Gasteiger charge is -2.23. The van der Waals surface area contributed by atoms with Crippen LogP contribution in [0.3, 0.4) is 0 Å². The van der Waals surface area contributed by atoms with Crippen LogP contribution in [0, 0.1) is 0 Å². The molecule has 0 aliphatic rings. The Bertz CT molecular complexity index is 2990. The molecule has 9 aromatic carbocycles. The highest BCUT2D eigenvalue weighted by Gasteiger charge is 2.22. The molecule has 1 nitrogen and oxygen atoms in total. The Balaban J connectivity index is 1.29. The third-order valence-electron chi connectivity index (χ3n) is 10.9. The molecule has 0 aliphatic carbocycles. The summed E-state index contributed by atoms with van der Waals surface area (Å²) in [6, 6.07) is 63.2. The third kappa shape index (κ3) is 4.69. The fourth-order valence-electron chi connectivity index (χ4n) is 8.35. The van der Waals surface area contributed by atoms with E-state index in [1.165, 1.54) is 98.4 Å². The van der Waals surface area contributed by atoms with Crippen LogP contribution in [0.1, 0.15) is 26.3 Å². The maximum absolute atomic E-state index is 2.46. The van der Waals surface area contributed by atoms with Gasteiger partial charge in [-0.3, -0.25) is 0 Å². The van der Waals surface area contributed by atoms with Crippen LogP contribution in [0.25, 0.3) is 92.8 Å². The first-order valence-corrected chi connectivity index (χ1v) is 17.9. The van der Waals surface area contributed by atoms with Crippen molar-refractivity contribution < 1.29 is 0 Å². The van der Waals surface area contributed by atoms with Crippen molar-refractivity contribution in [2.45, 2.75) is 26.2 Å². The van der Waals surface area contributed by atoms with Crippen molar-refractivity contribution in [1.82, 2.24) is 4.57 Å². The van der Waals surface area contributed by atoms with Crippen molar-refractivity contribution in [2.24, 2.45) is 0 Å². The van der Waals surface area contributed by atoms with Crippen LogP contribution in [-0.2, 0) is 5.41 Å². The summed E-state index contributed by atoms with van der Waals surface area (Å²) in [6.07, 6.45) is 0. The van der Waals surface area contributed by atoms with Gasteiger partial charge in [0.25, 0.3) is 0 Å². The molecule has 0 aliphatic heterocycles. The van der Waals surface area contributed by atoms with Crippen molar-refractivity contribution in [3.63, 3.8) is 0 Å². The van der Waals surface area contributed by atoms with Crippen molar-refractivity contribution >= 4 is 64.9 Å². The molecule has 0 amide bonds. The zero-order chi connectivity index (χ0) is 34.3. The maximum Gasteiger partial charge on any atom is 0.0541 e. The van der Waals surface area contributed by atoms with Gasteiger partial charge in [0.05, 0.1) is 11.0 Å². The van der Waals surface area contributed by atoms with Crippen LogP contribution in [0.4, 0.5) is 0 Å². The fourth-order valence-corrected chi connectivity index (χ4v) is 8.35. The van der Waals surface area contributed by atoms with Crippen LogP contribution in [-0.4, -0.2) is 4.57 Å². The SMILES string of the molecule is CC(C)(C)c1ccc2c(-c3ccc4cc5ccccc5cc4c3)c3ccccc3c(-c3ccc4c(c3)c3ccccc3n4-c3ccccc3)c2c1. The van der Waals surface area contributed by atoms with Crippen LogP contribution in [0.15, 0.2) is 170 Å². The molecule has 1 heteroatoms. The minimum absolute atomic E-state index is 0.00827. The monoisotopic (exact) mass is 651 g/mol. The predicted octanol–water partition coefficient (Wildman–Crippen LogP) is 14.0. The number of aromatic nitrogens is 1. The van der Waals surface area contributed by atoms with Gasteiger partial charge in [-0.2, -0.15) is 0 Å². The molecule has 0 N–H and O–H groups in total. The number of fused-ring (bicyclic) bond motifs is 7. The molecule has 10 rings (SSSR count). The van der Waals surface area contributed by atoms with Gasteiger partial charge < -0.3 is 4.57 Å². The van der Waals surface area contributed by atoms with Crippen molar-refractivity contribution in [1.29, 1.82) is 0 Å². The van der Waals surface area contributed by atoms with Crippen LogP contribution in [0.5, 0.6) is 0 Å². The first kappa shape index (κ1) is 29.7. The highest BCUT2D eigenvalue weighted by molar-refractivity contribution is 6.23. The number of hydrogen-bond acceptors (Lipinski definition) is 0. The number of rotatable bonds is 3. The van der Waals surface area contributed by atoms with Gasteiger partial charge in [-0.05, 0) is 131 Å².